The molecule has 1 aliphatic carbocycles. The molecule has 0 atom stereocenters. The van der Waals surface area contributed by atoms with Crippen LogP contribution in [-0.4, -0.2) is 4.57 Å². The lowest BCUT2D eigenvalue weighted by Crippen LogP contribution is -2.05. The van der Waals surface area contributed by atoms with Gasteiger partial charge in [0.25, 0.3) is 0 Å². The molecule has 0 radical (unpaired) electrons. The van der Waals surface area contributed by atoms with E-state index in [0.29, 0.717) is 0 Å². The van der Waals surface area contributed by atoms with Crippen LogP contribution in [0.25, 0.3) is 83.9 Å². The molecule has 1 nitrogen and oxygen atoms in total. The van der Waals surface area contributed by atoms with E-state index in [2.05, 4.69) is 217 Å². The molecule has 0 unspecified atom stereocenters. The minimum absolute atomic E-state index is 0.956. The molecule has 0 N–H and O–H groups in total. The van der Waals surface area contributed by atoms with Gasteiger partial charge in [-0.3, -0.25) is 0 Å². The summed E-state index contributed by atoms with van der Waals surface area (Å²) in [6, 6.07) is 75.1. The number of para-hydroxylation sites is 1. The van der Waals surface area contributed by atoms with Gasteiger partial charge in [-0.2, -0.15) is 0 Å². The Morgan fingerprint density at radius 2 is 0.709 bits per heavy atom. The molecule has 1 aromatic heterocycles. The summed E-state index contributed by atoms with van der Waals surface area (Å²) in [5.74, 6) is 0. The van der Waals surface area contributed by atoms with Gasteiger partial charge in [0.2, 0.25) is 0 Å². The van der Waals surface area contributed by atoms with E-state index in [1.807, 2.05) is 0 Å². The zero-order chi connectivity index (χ0) is 36.6. The SMILES string of the molecule is C1=C(c2cc(-c3ccccc3)cc(-c3ccccc3)c2)CCc2c1c1cc(-c3cc(-c4ccccc4)cc(-c4ccccc4)c3)ccc1n2-c1ccccc1. The quantitative estimate of drug-likeness (QED) is 0.156. The largest absolute Gasteiger partial charge is 0.313 e. The van der Waals surface area contributed by atoms with Crippen LogP contribution >= 0.6 is 0 Å². The highest BCUT2D eigenvalue weighted by Crippen LogP contribution is 2.42. The molecule has 1 aliphatic rings. The molecule has 8 aromatic carbocycles. The molecule has 0 bridgehead atoms. The Labute approximate surface area is 323 Å². The molecule has 9 aromatic rings. The second-order valence-corrected chi connectivity index (χ2v) is 14.5. The van der Waals surface area contributed by atoms with Crippen molar-refractivity contribution in [2.75, 3.05) is 0 Å². The minimum Gasteiger partial charge on any atom is -0.313 e. The monoisotopic (exact) mass is 701 g/mol. The number of allylic oxidation sites excluding steroid dienone is 1. The van der Waals surface area contributed by atoms with Gasteiger partial charge < -0.3 is 4.57 Å². The maximum Gasteiger partial charge on any atom is 0.0538 e. The predicted molar refractivity (Wildman–Crippen MR) is 233 cm³/mol. The molecular formula is C54H39N. The van der Waals surface area contributed by atoms with E-state index in [9.17, 15) is 0 Å². The van der Waals surface area contributed by atoms with Crippen molar-refractivity contribution in [3.05, 3.63) is 223 Å². The second kappa shape index (κ2) is 14.1. The van der Waals surface area contributed by atoms with E-state index in [1.165, 1.54) is 94.6 Å². The highest BCUT2D eigenvalue weighted by atomic mass is 15.0. The molecule has 10 rings (SSSR count). The van der Waals surface area contributed by atoms with E-state index in [-0.39, 0.29) is 0 Å². The molecule has 0 fully saturated rings. The van der Waals surface area contributed by atoms with Crippen LogP contribution in [0.5, 0.6) is 0 Å². The van der Waals surface area contributed by atoms with Gasteiger partial charge in [-0.05, 0) is 146 Å². The van der Waals surface area contributed by atoms with Crippen LogP contribution in [0.3, 0.4) is 0 Å². The average molecular weight is 702 g/mol. The summed E-state index contributed by atoms with van der Waals surface area (Å²) >= 11 is 0. The van der Waals surface area contributed by atoms with Gasteiger partial charge in [-0.1, -0.05) is 146 Å². The summed E-state index contributed by atoms with van der Waals surface area (Å²) in [4.78, 5) is 0. The van der Waals surface area contributed by atoms with E-state index < -0.39 is 0 Å². The van der Waals surface area contributed by atoms with Gasteiger partial charge in [0.1, 0.15) is 0 Å². The van der Waals surface area contributed by atoms with Gasteiger partial charge in [-0.25, -0.2) is 0 Å². The van der Waals surface area contributed by atoms with Gasteiger partial charge in [-0.15, -0.1) is 0 Å². The van der Waals surface area contributed by atoms with Gasteiger partial charge >= 0.3 is 0 Å². The van der Waals surface area contributed by atoms with Crippen molar-refractivity contribution in [2.24, 2.45) is 0 Å². The summed E-state index contributed by atoms with van der Waals surface area (Å²) in [5.41, 5.74) is 20.0. The Morgan fingerprint density at radius 1 is 0.309 bits per heavy atom. The second-order valence-electron chi connectivity index (χ2n) is 14.5. The van der Waals surface area contributed by atoms with Crippen molar-refractivity contribution >= 4 is 22.6 Å². The molecule has 1 heteroatoms. The first-order chi connectivity index (χ1) is 27.2. The van der Waals surface area contributed by atoms with E-state index in [0.717, 1.165) is 12.8 Å². The molecule has 0 spiro atoms. The molecular weight excluding hydrogens is 663 g/mol. The summed E-state index contributed by atoms with van der Waals surface area (Å²) in [6.07, 6.45) is 4.41. The zero-order valence-corrected chi connectivity index (χ0v) is 30.6. The lowest BCUT2D eigenvalue weighted by atomic mass is 9.87. The number of fused-ring (bicyclic) bond motifs is 3. The van der Waals surface area contributed by atoms with Crippen molar-refractivity contribution in [2.45, 2.75) is 12.8 Å². The van der Waals surface area contributed by atoms with Crippen LogP contribution in [0.1, 0.15) is 23.2 Å². The number of aromatic nitrogens is 1. The molecule has 260 valence electrons. The first kappa shape index (κ1) is 32.7. The summed E-state index contributed by atoms with van der Waals surface area (Å²) in [6.45, 7) is 0. The molecule has 0 saturated heterocycles. The number of nitrogens with zero attached hydrogens (tertiary/aromatic N) is 1. The molecule has 0 aliphatic heterocycles. The van der Waals surface area contributed by atoms with Crippen molar-refractivity contribution in [3.63, 3.8) is 0 Å². The normalized spacial score (nSPS) is 12.3. The summed E-state index contributed by atoms with van der Waals surface area (Å²) in [5, 5.41) is 1.28. The fourth-order valence-electron chi connectivity index (χ4n) is 8.35. The first-order valence-electron chi connectivity index (χ1n) is 19.2. The van der Waals surface area contributed by atoms with Crippen molar-refractivity contribution in [1.29, 1.82) is 0 Å². The van der Waals surface area contributed by atoms with Crippen molar-refractivity contribution < 1.29 is 0 Å². The number of hydrogen-bond donors (Lipinski definition) is 0. The van der Waals surface area contributed by atoms with E-state index in [1.54, 1.807) is 0 Å². The maximum atomic E-state index is 2.49. The standard InChI is InChI=1S/C54H39N/c1-6-16-38(17-7-1)44-30-45(39-18-8-2-9-19-39)33-48(32-44)42-26-28-53-51(36-42)52-37-43(27-29-54(52)55(53)50-24-14-5-15-25-50)49-34-46(40-20-10-3-11-21-40)31-47(35-49)41-22-12-4-13-23-41/h1-26,28,30-37H,27,29H2. The summed E-state index contributed by atoms with van der Waals surface area (Å²) in [7, 11) is 0. The Kier molecular flexibility index (Phi) is 8.39. The third-order valence-corrected chi connectivity index (χ3v) is 11.1. The predicted octanol–water partition coefficient (Wildman–Crippen LogP) is 14.5. The molecule has 0 amide bonds. The van der Waals surface area contributed by atoms with Crippen LogP contribution < -0.4 is 0 Å². The fourth-order valence-corrected chi connectivity index (χ4v) is 8.35. The minimum atomic E-state index is 0.956. The first-order valence-corrected chi connectivity index (χ1v) is 19.2. The molecule has 0 saturated carbocycles. The zero-order valence-electron chi connectivity index (χ0n) is 30.6. The Bertz CT molecular complexity index is 2700. The lowest BCUT2D eigenvalue weighted by Gasteiger charge is -2.19. The van der Waals surface area contributed by atoms with Gasteiger partial charge in [0.15, 0.2) is 0 Å². The van der Waals surface area contributed by atoms with Gasteiger partial charge in [0, 0.05) is 22.3 Å². The number of hydrogen-bond acceptors (Lipinski definition) is 0. The number of rotatable bonds is 7. The van der Waals surface area contributed by atoms with Crippen molar-refractivity contribution in [3.8, 4) is 61.3 Å². The molecule has 55 heavy (non-hydrogen) atoms. The third-order valence-electron chi connectivity index (χ3n) is 11.1. The highest BCUT2D eigenvalue weighted by molar-refractivity contribution is 6.01. The van der Waals surface area contributed by atoms with Crippen LogP contribution in [0.2, 0.25) is 0 Å². The lowest BCUT2D eigenvalue weighted by molar-refractivity contribution is 0.898. The highest BCUT2D eigenvalue weighted by Gasteiger charge is 2.23. The van der Waals surface area contributed by atoms with Crippen LogP contribution in [0.15, 0.2) is 206 Å². The van der Waals surface area contributed by atoms with Gasteiger partial charge in [0.05, 0.1) is 5.52 Å². The van der Waals surface area contributed by atoms with Crippen LogP contribution in [0.4, 0.5) is 0 Å². The Balaban J connectivity index is 1.17. The third kappa shape index (κ3) is 6.30. The average Bonchev–Trinajstić information content (AvgIpc) is 3.60. The smallest absolute Gasteiger partial charge is 0.0538 e. The van der Waals surface area contributed by atoms with Crippen molar-refractivity contribution in [1.82, 2.24) is 4.57 Å². The fraction of sp³-hybridized carbons (Fsp3) is 0.0370. The number of benzene rings is 8. The van der Waals surface area contributed by atoms with Crippen LogP contribution in [-0.2, 0) is 6.42 Å². The van der Waals surface area contributed by atoms with Crippen LogP contribution in [0, 0.1) is 0 Å². The Morgan fingerprint density at radius 3 is 1.16 bits per heavy atom. The Hall–Kier alpha value is -6.96. The molecule has 1 heterocycles. The van der Waals surface area contributed by atoms with E-state index in [4.69, 9.17) is 0 Å². The maximum absolute atomic E-state index is 2.49. The summed E-state index contributed by atoms with van der Waals surface area (Å²) < 4.78 is 2.49. The van der Waals surface area contributed by atoms with E-state index >= 15 is 0 Å². The topological polar surface area (TPSA) is 4.93 Å².